The van der Waals surface area contributed by atoms with Gasteiger partial charge in [-0.1, -0.05) is 6.92 Å². The zero-order valence-corrected chi connectivity index (χ0v) is 16.3. The molecule has 0 saturated carbocycles. The number of H-pyrrole nitrogens is 1. The van der Waals surface area contributed by atoms with Crippen molar-refractivity contribution in [1.29, 1.82) is 0 Å². The van der Waals surface area contributed by atoms with Gasteiger partial charge in [-0.15, -0.1) is 0 Å². The number of aromatic amines is 1. The highest BCUT2D eigenvalue weighted by molar-refractivity contribution is 5.87. The highest BCUT2D eigenvalue weighted by atomic mass is 16.5. The van der Waals surface area contributed by atoms with Gasteiger partial charge in [0.15, 0.2) is 0 Å². The maximum Gasteiger partial charge on any atom is 0.307 e. The second kappa shape index (κ2) is 9.21. The normalized spacial score (nSPS) is 10.9. The Morgan fingerprint density at radius 3 is 2.71 bits per heavy atom. The SMILES string of the molecule is CCc1cnc(N(CC)CCCOc2ccc3[nH]cc(CC(=O)O)c3c2)nc1. The van der Waals surface area contributed by atoms with Crippen LogP contribution in [0.1, 0.15) is 31.4 Å². The first-order chi connectivity index (χ1) is 13.6. The Morgan fingerprint density at radius 1 is 1.25 bits per heavy atom. The van der Waals surface area contributed by atoms with Crippen molar-refractivity contribution in [3.63, 3.8) is 0 Å². The number of nitrogens with one attached hydrogen (secondary N) is 1. The maximum atomic E-state index is 11.0. The number of benzene rings is 1. The highest BCUT2D eigenvalue weighted by Crippen LogP contribution is 2.24. The Kier molecular flexibility index (Phi) is 6.47. The molecule has 2 aromatic heterocycles. The van der Waals surface area contributed by atoms with E-state index in [1.807, 2.05) is 30.6 Å². The number of carboxylic acid groups (broad SMARTS) is 1. The van der Waals surface area contributed by atoms with E-state index in [4.69, 9.17) is 9.84 Å². The molecule has 148 valence electrons. The van der Waals surface area contributed by atoms with Gasteiger partial charge in [0.1, 0.15) is 5.75 Å². The largest absolute Gasteiger partial charge is 0.494 e. The molecule has 0 saturated heterocycles. The van der Waals surface area contributed by atoms with Gasteiger partial charge >= 0.3 is 5.97 Å². The summed E-state index contributed by atoms with van der Waals surface area (Å²) in [6, 6.07) is 5.71. The molecule has 3 aromatic rings. The molecule has 0 unspecified atom stereocenters. The Balaban J connectivity index is 1.55. The molecule has 0 aliphatic rings. The van der Waals surface area contributed by atoms with Crippen molar-refractivity contribution >= 4 is 22.8 Å². The molecule has 0 aliphatic heterocycles. The summed E-state index contributed by atoms with van der Waals surface area (Å²) in [6.07, 6.45) is 7.25. The van der Waals surface area contributed by atoms with Crippen LogP contribution >= 0.6 is 0 Å². The summed E-state index contributed by atoms with van der Waals surface area (Å²) in [6.45, 7) is 6.37. The van der Waals surface area contributed by atoms with E-state index in [9.17, 15) is 4.79 Å². The van der Waals surface area contributed by atoms with Crippen molar-refractivity contribution in [2.24, 2.45) is 0 Å². The van der Waals surface area contributed by atoms with Gasteiger partial charge in [-0.3, -0.25) is 4.79 Å². The lowest BCUT2D eigenvalue weighted by Gasteiger charge is -2.20. The Hall–Kier alpha value is -3.09. The van der Waals surface area contributed by atoms with Crippen molar-refractivity contribution in [1.82, 2.24) is 15.0 Å². The third kappa shape index (κ3) is 4.79. The standard InChI is InChI=1S/C21H26N4O3/c1-3-15-12-23-21(24-13-15)25(4-2)8-5-9-28-17-6-7-19-18(11-17)16(14-22-19)10-20(26)27/h6-7,11-14,22H,3-5,8-10H2,1-2H3,(H,26,27). The van der Waals surface area contributed by atoms with Gasteiger partial charge in [0.05, 0.1) is 13.0 Å². The molecule has 0 spiro atoms. The van der Waals surface area contributed by atoms with Gasteiger partial charge in [-0.25, -0.2) is 9.97 Å². The zero-order chi connectivity index (χ0) is 19.9. The molecule has 3 rings (SSSR count). The van der Waals surface area contributed by atoms with E-state index >= 15 is 0 Å². The smallest absolute Gasteiger partial charge is 0.307 e. The van der Waals surface area contributed by atoms with Crippen LogP contribution in [0.15, 0.2) is 36.8 Å². The third-order valence-electron chi connectivity index (χ3n) is 4.69. The molecule has 7 heteroatoms. The first kappa shape index (κ1) is 19.7. The van der Waals surface area contributed by atoms with Crippen molar-refractivity contribution in [2.75, 3.05) is 24.6 Å². The average Bonchev–Trinajstić information content (AvgIpc) is 3.10. The van der Waals surface area contributed by atoms with Gasteiger partial charge < -0.3 is 19.7 Å². The van der Waals surface area contributed by atoms with Gasteiger partial charge in [-0.2, -0.15) is 0 Å². The van der Waals surface area contributed by atoms with Crippen LogP contribution in [0.25, 0.3) is 10.9 Å². The molecule has 0 aliphatic carbocycles. The van der Waals surface area contributed by atoms with Crippen LogP contribution in [0.5, 0.6) is 5.75 Å². The van der Waals surface area contributed by atoms with Crippen LogP contribution in [0.3, 0.4) is 0 Å². The summed E-state index contributed by atoms with van der Waals surface area (Å²) >= 11 is 0. The number of carboxylic acids is 1. The second-order valence-electron chi connectivity index (χ2n) is 6.62. The highest BCUT2D eigenvalue weighted by Gasteiger charge is 2.10. The summed E-state index contributed by atoms with van der Waals surface area (Å²) in [5, 5.41) is 9.91. The Bertz CT molecular complexity index is 921. The minimum Gasteiger partial charge on any atom is -0.494 e. The summed E-state index contributed by atoms with van der Waals surface area (Å²) in [4.78, 5) is 25.1. The molecule has 0 radical (unpaired) electrons. The number of aryl methyl sites for hydroxylation is 1. The van der Waals surface area contributed by atoms with Gasteiger partial charge in [0.25, 0.3) is 0 Å². The van der Waals surface area contributed by atoms with E-state index in [-0.39, 0.29) is 6.42 Å². The minimum absolute atomic E-state index is 0.00820. The van der Waals surface area contributed by atoms with Gasteiger partial charge in [0, 0.05) is 42.6 Å². The first-order valence-electron chi connectivity index (χ1n) is 9.61. The van der Waals surface area contributed by atoms with Crippen molar-refractivity contribution in [2.45, 2.75) is 33.1 Å². The van der Waals surface area contributed by atoms with E-state index < -0.39 is 5.97 Å². The molecule has 0 bridgehead atoms. The molecule has 1 aromatic carbocycles. The fourth-order valence-corrected chi connectivity index (χ4v) is 3.10. The third-order valence-corrected chi connectivity index (χ3v) is 4.69. The van der Waals surface area contributed by atoms with Crippen molar-refractivity contribution in [3.05, 3.63) is 47.9 Å². The van der Waals surface area contributed by atoms with Crippen LogP contribution in [0, 0.1) is 0 Å². The van der Waals surface area contributed by atoms with E-state index in [1.54, 1.807) is 6.20 Å². The number of rotatable bonds is 10. The van der Waals surface area contributed by atoms with E-state index in [1.165, 1.54) is 0 Å². The fourth-order valence-electron chi connectivity index (χ4n) is 3.10. The minimum atomic E-state index is -0.846. The van der Waals surface area contributed by atoms with E-state index in [2.05, 4.69) is 33.7 Å². The zero-order valence-electron chi connectivity index (χ0n) is 16.3. The van der Waals surface area contributed by atoms with Crippen molar-refractivity contribution < 1.29 is 14.6 Å². The lowest BCUT2D eigenvalue weighted by molar-refractivity contribution is -0.136. The maximum absolute atomic E-state index is 11.0. The molecule has 2 N–H and O–H groups in total. The summed E-state index contributed by atoms with van der Waals surface area (Å²) in [5.41, 5.74) is 2.80. The number of aliphatic carboxylic acids is 1. The van der Waals surface area contributed by atoms with Gasteiger partial charge in [0.2, 0.25) is 5.95 Å². The molecular formula is C21H26N4O3. The summed E-state index contributed by atoms with van der Waals surface area (Å²) < 4.78 is 5.88. The average molecular weight is 382 g/mol. The number of ether oxygens (including phenoxy) is 1. The number of nitrogens with zero attached hydrogens (tertiary/aromatic N) is 3. The van der Waals surface area contributed by atoms with Crippen LogP contribution in [0.2, 0.25) is 0 Å². The topological polar surface area (TPSA) is 91.3 Å². The molecule has 28 heavy (non-hydrogen) atoms. The summed E-state index contributed by atoms with van der Waals surface area (Å²) in [5.74, 6) is 0.637. The predicted molar refractivity (Wildman–Crippen MR) is 109 cm³/mol. The molecule has 0 amide bonds. The van der Waals surface area contributed by atoms with E-state index in [0.29, 0.717) is 6.61 Å². The molecule has 2 heterocycles. The summed E-state index contributed by atoms with van der Waals surface area (Å²) in [7, 11) is 0. The number of anilines is 1. The molecular weight excluding hydrogens is 356 g/mol. The number of hydrogen-bond acceptors (Lipinski definition) is 5. The Morgan fingerprint density at radius 2 is 2.04 bits per heavy atom. The quantitative estimate of drug-likeness (QED) is 0.522. The molecule has 0 atom stereocenters. The predicted octanol–water partition coefficient (Wildman–Crippen LogP) is 3.44. The Labute approximate surface area is 164 Å². The monoisotopic (exact) mass is 382 g/mol. The number of aromatic nitrogens is 3. The van der Waals surface area contributed by atoms with Gasteiger partial charge in [-0.05, 0) is 49.1 Å². The van der Waals surface area contributed by atoms with Crippen LogP contribution < -0.4 is 9.64 Å². The van der Waals surface area contributed by atoms with E-state index in [0.717, 1.165) is 59.7 Å². The lowest BCUT2D eigenvalue weighted by Crippen LogP contribution is -2.27. The second-order valence-corrected chi connectivity index (χ2v) is 6.62. The number of carbonyl (C=O) groups is 1. The van der Waals surface area contributed by atoms with Crippen LogP contribution in [0.4, 0.5) is 5.95 Å². The molecule has 0 fully saturated rings. The van der Waals surface area contributed by atoms with Crippen LogP contribution in [-0.4, -0.2) is 45.7 Å². The van der Waals surface area contributed by atoms with Crippen LogP contribution in [-0.2, 0) is 17.6 Å². The first-order valence-corrected chi connectivity index (χ1v) is 9.61. The van der Waals surface area contributed by atoms with Crippen molar-refractivity contribution in [3.8, 4) is 5.75 Å². The fraction of sp³-hybridized carbons (Fsp3) is 0.381. The number of fused-ring (bicyclic) bond motifs is 1. The lowest BCUT2D eigenvalue weighted by atomic mass is 10.1. The number of hydrogen-bond donors (Lipinski definition) is 2. The molecule has 7 nitrogen and oxygen atoms in total.